The van der Waals surface area contributed by atoms with Crippen LogP contribution in [0.15, 0.2) is 18.2 Å². The van der Waals surface area contributed by atoms with E-state index in [0.717, 1.165) is 17.5 Å². The molecule has 17 heavy (non-hydrogen) atoms. The van der Waals surface area contributed by atoms with Gasteiger partial charge in [0, 0.05) is 11.3 Å². The number of aryl methyl sites for hydroxylation is 1. The van der Waals surface area contributed by atoms with Crippen molar-refractivity contribution in [1.29, 1.82) is 0 Å². The summed E-state index contributed by atoms with van der Waals surface area (Å²) in [6, 6.07) is 5.20. The Morgan fingerprint density at radius 2 is 2.41 bits per heavy atom. The van der Waals surface area contributed by atoms with Crippen LogP contribution in [0.3, 0.4) is 0 Å². The summed E-state index contributed by atoms with van der Waals surface area (Å²) in [5.41, 5.74) is 5.09. The summed E-state index contributed by atoms with van der Waals surface area (Å²) in [5.74, 6) is 6.68. The van der Waals surface area contributed by atoms with Crippen molar-refractivity contribution >= 4 is 11.8 Å². The molecule has 3 N–H and O–H groups in total. The van der Waals surface area contributed by atoms with Crippen molar-refractivity contribution < 1.29 is 4.39 Å². The van der Waals surface area contributed by atoms with Crippen molar-refractivity contribution in [2.24, 2.45) is 5.84 Å². The second kappa shape index (κ2) is 5.85. The van der Waals surface area contributed by atoms with E-state index in [1.807, 2.05) is 24.8 Å². The van der Waals surface area contributed by atoms with Gasteiger partial charge in [-0.25, -0.2) is 4.39 Å². The molecule has 1 heterocycles. The predicted octanol–water partition coefficient (Wildman–Crippen LogP) is 2.40. The summed E-state index contributed by atoms with van der Waals surface area (Å²) < 4.78 is 13.2. The van der Waals surface area contributed by atoms with Crippen molar-refractivity contribution in [3.05, 3.63) is 35.1 Å². The Morgan fingerprint density at radius 1 is 1.59 bits per heavy atom. The highest BCUT2D eigenvalue weighted by atomic mass is 32.2. The number of benzene rings is 1. The van der Waals surface area contributed by atoms with Crippen molar-refractivity contribution in [1.82, 2.24) is 5.43 Å². The largest absolute Gasteiger partial charge is 0.271 e. The van der Waals surface area contributed by atoms with E-state index in [9.17, 15) is 4.39 Å². The summed E-state index contributed by atoms with van der Waals surface area (Å²) in [6.07, 6.45) is 3.27. The van der Waals surface area contributed by atoms with E-state index in [0.29, 0.717) is 5.25 Å². The normalized spacial score (nSPS) is 21.7. The average Bonchev–Trinajstić information content (AvgIpc) is 2.84. The Bertz CT molecular complexity index is 378. The molecule has 2 nitrogen and oxygen atoms in total. The van der Waals surface area contributed by atoms with Crippen LogP contribution in [0.2, 0.25) is 0 Å². The molecule has 94 valence electrons. The van der Waals surface area contributed by atoms with E-state index >= 15 is 0 Å². The second-order valence-electron chi connectivity index (χ2n) is 4.60. The van der Waals surface area contributed by atoms with Gasteiger partial charge in [0.2, 0.25) is 0 Å². The standard InChI is InChI=1S/C13H19FN2S/c1-9-4-5-11(14)7-10(9)8-12(16-15)13-3-2-6-17-13/h4-5,7,12-13,16H,2-3,6,8,15H2,1H3. The fourth-order valence-electron chi connectivity index (χ4n) is 2.31. The summed E-state index contributed by atoms with van der Waals surface area (Å²) in [6.45, 7) is 2.02. The van der Waals surface area contributed by atoms with E-state index in [2.05, 4.69) is 5.43 Å². The van der Waals surface area contributed by atoms with Crippen LogP contribution in [0.25, 0.3) is 0 Å². The highest BCUT2D eigenvalue weighted by Crippen LogP contribution is 2.30. The lowest BCUT2D eigenvalue weighted by atomic mass is 9.98. The summed E-state index contributed by atoms with van der Waals surface area (Å²) >= 11 is 1.97. The first-order valence-corrected chi connectivity index (χ1v) is 7.08. The topological polar surface area (TPSA) is 38.0 Å². The Hall–Kier alpha value is -0.580. The van der Waals surface area contributed by atoms with Gasteiger partial charge in [-0.2, -0.15) is 11.8 Å². The van der Waals surface area contributed by atoms with Gasteiger partial charge in [-0.1, -0.05) is 6.07 Å². The third-order valence-corrected chi connectivity index (χ3v) is 4.90. The van der Waals surface area contributed by atoms with Gasteiger partial charge in [-0.3, -0.25) is 11.3 Å². The number of nitrogens with one attached hydrogen (secondary N) is 1. The smallest absolute Gasteiger partial charge is 0.123 e. The minimum Gasteiger partial charge on any atom is -0.271 e. The molecule has 0 aromatic heterocycles. The van der Waals surface area contributed by atoms with Crippen LogP contribution < -0.4 is 11.3 Å². The molecule has 0 amide bonds. The molecule has 0 radical (unpaired) electrons. The van der Waals surface area contributed by atoms with Gasteiger partial charge in [-0.05, 0) is 55.2 Å². The van der Waals surface area contributed by atoms with E-state index in [4.69, 9.17) is 5.84 Å². The van der Waals surface area contributed by atoms with Gasteiger partial charge < -0.3 is 0 Å². The lowest BCUT2D eigenvalue weighted by molar-refractivity contribution is 0.493. The third kappa shape index (κ3) is 3.21. The summed E-state index contributed by atoms with van der Waals surface area (Å²) in [5, 5.41) is 0.558. The number of hydrazine groups is 1. The van der Waals surface area contributed by atoms with E-state index in [1.54, 1.807) is 6.07 Å². The van der Waals surface area contributed by atoms with E-state index in [-0.39, 0.29) is 11.9 Å². The molecular formula is C13H19FN2S. The van der Waals surface area contributed by atoms with Crippen LogP contribution in [0.4, 0.5) is 4.39 Å². The minimum absolute atomic E-state index is 0.166. The van der Waals surface area contributed by atoms with Crippen molar-refractivity contribution in [3.8, 4) is 0 Å². The van der Waals surface area contributed by atoms with E-state index in [1.165, 1.54) is 24.7 Å². The first-order valence-electron chi connectivity index (χ1n) is 6.03. The van der Waals surface area contributed by atoms with Crippen LogP contribution in [0, 0.1) is 12.7 Å². The molecule has 0 bridgehead atoms. The molecule has 1 aromatic rings. The molecule has 2 unspecified atom stereocenters. The van der Waals surface area contributed by atoms with Gasteiger partial charge in [0.25, 0.3) is 0 Å². The fraction of sp³-hybridized carbons (Fsp3) is 0.538. The maximum absolute atomic E-state index is 13.2. The number of thioether (sulfide) groups is 1. The maximum Gasteiger partial charge on any atom is 0.123 e. The van der Waals surface area contributed by atoms with Crippen LogP contribution in [-0.2, 0) is 6.42 Å². The fourth-order valence-corrected chi connectivity index (χ4v) is 3.69. The number of hydrogen-bond acceptors (Lipinski definition) is 3. The van der Waals surface area contributed by atoms with Crippen LogP contribution in [0.1, 0.15) is 24.0 Å². The summed E-state index contributed by atoms with van der Waals surface area (Å²) in [7, 11) is 0. The minimum atomic E-state index is -0.166. The molecule has 1 aliphatic rings. The highest BCUT2D eigenvalue weighted by molar-refractivity contribution is 8.00. The molecular weight excluding hydrogens is 235 g/mol. The third-order valence-electron chi connectivity index (χ3n) is 3.38. The van der Waals surface area contributed by atoms with Crippen molar-refractivity contribution in [2.45, 2.75) is 37.5 Å². The first kappa shape index (κ1) is 12.9. The quantitative estimate of drug-likeness (QED) is 0.640. The van der Waals surface area contributed by atoms with E-state index < -0.39 is 0 Å². The lowest BCUT2D eigenvalue weighted by Gasteiger charge is -2.22. The molecule has 0 spiro atoms. The number of halogens is 1. The average molecular weight is 254 g/mol. The molecule has 1 aromatic carbocycles. The highest BCUT2D eigenvalue weighted by Gasteiger charge is 2.25. The molecule has 4 heteroatoms. The summed E-state index contributed by atoms with van der Waals surface area (Å²) in [4.78, 5) is 0. The molecule has 2 atom stereocenters. The van der Waals surface area contributed by atoms with Crippen LogP contribution >= 0.6 is 11.8 Å². The van der Waals surface area contributed by atoms with Crippen LogP contribution in [-0.4, -0.2) is 17.0 Å². The van der Waals surface area contributed by atoms with Gasteiger partial charge >= 0.3 is 0 Å². The van der Waals surface area contributed by atoms with Crippen LogP contribution in [0.5, 0.6) is 0 Å². The molecule has 0 saturated carbocycles. The number of rotatable bonds is 4. The molecule has 1 saturated heterocycles. The van der Waals surface area contributed by atoms with Gasteiger partial charge in [0.15, 0.2) is 0 Å². The molecule has 1 aliphatic heterocycles. The zero-order valence-corrected chi connectivity index (χ0v) is 10.9. The van der Waals surface area contributed by atoms with Crippen molar-refractivity contribution in [3.63, 3.8) is 0 Å². The Balaban J connectivity index is 2.09. The number of nitrogens with two attached hydrogens (primary N) is 1. The van der Waals surface area contributed by atoms with Gasteiger partial charge in [0.05, 0.1) is 0 Å². The molecule has 0 aliphatic carbocycles. The SMILES string of the molecule is Cc1ccc(F)cc1CC(NN)C1CCCS1. The van der Waals surface area contributed by atoms with Crippen molar-refractivity contribution in [2.75, 3.05) is 5.75 Å². The Morgan fingerprint density at radius 3 is 3.06 bits per heavy atom. The number of hydrogen-bond donors (Lipinski definition) is 2. The Kier molecular flexibility index (Phi) is 4.42. The Labute approximate surface area is 106 Å². The zero-order chi connectivity index (χ0) is 12.3. The first-order chi connectivity index (χ1) is 8.20. The monoisotopic (exact) mass is 254 g/mol. The van der Waals surface area contributed by atoms with Gasteiger partial charge in [-0.15, -0.1) is 0 Å². The lowest BCUT2D eigenvalue weighted by Crippen LogP contribution is -2.43. The zero-order valence-electron chi connectivity index (χ0n) is 10.1. The molecule has 2 rings (SSSR count). The maximum atomic E-state index is 13.2. The second-order valence-corrected chi connectivity index (χ2v) is 5.95. The molecule has 1 fully saturated rings. The predicted molar refractivity (Wildman–Crippen MR) is 71.4 cm³/mol. The van der Waals surface area contributed by atoms with Gasteiger partial charge in [0.1, 0.15) is 5.82 Å².